The first-order chi connectivity index (χ1) is 10.1. The molecule has 0 radical (unpaired) electrons. The van der Waals surface area contributed by atoms with Crippen molar-refractivity contribution in [3.05, 3.63) is 59.7 Å². The van der Waals surface area contributed by atoms with Crippen LogP contribution in [0.15, 0.2) is 48.5 Å². The van der Waals surface area contributed by atoms with Crippen molar-refractivity contribution in [2.75, 3.05) is 18.6 Å². The number of carbonyl (C=O) groups is 1. The number of hydrogen-bond acceptors (Lipinski definition) is 3. The Kier molecular flexibility index (Phi) is 4.82. The van der Waals surface area contributed by atoms with E-state index in [2.05, 4.69) is 24.3 Å². The third-order valence-corrected chi connectivity index (χ3v) is 3.27. The van der Waals surface area contributed by atoms with Gasteiger partial charge < -0.3 is 15.4 Å². The Hall–Kier alpha value is -2.49. The van der Waals surface area contributed by atoms with Crippen LogP contribution in [0.1, 0.15) is 11.1 Å². The Bertz CT molecular complexity index is 608. The number of amides is 1. The van der Waals surface area contributed by atoms with E-state index in [4.69, 9.17) is 10.5 Å². The number of para-hydroxylation sites is 2. The van der Waals surface area contributed by atoms with Crippen LogP contribution in [0.25, 0.3) is 0 Å². The van der Waals surface area contributed by atoms with Crippen LogP contribution in [0.3, 0.4) is 0 Å². The summed E-state index contributed by atoms with van der Waals surface area (Å²) in [6, 6.07) is 15.8. The van der Waals surface area contributed by atoms with Gasteiger partial charge in [-0.05, 0) is 24.6 Å². The van der Waals surface area contributed by atoms with Crippen LogP contribution in [-0.2, 0) is 11.3 Å². The maximum atomic E-state index is 11.4. The predicted molar refractivity (Wildman–Crippen MR) is 84.4 cm³/mol. The summed E-state index contributed by atoms with van der Waals surface area (Å²) < 4.78 is 5.37. The van der Waals surface area contributed by atoms with Crippen LogP contribution in [-0.4, -0.2) is 19.6 Å². The van der Waals surface area contributed by atoms with Gasteiger partial charge in [0, 0.05) is 6.54 Å². The molecule has 0 bridgehead atoms. The number of methoxy groups -OCH3 is 1. The molecule has 0 aliphatic carbocycles. The summed E-state index contributed by atoms with van der Waals surface area (Å²) in [4.78, 5) is 13.3. The highest BCUT2D eigenvalue weighted by atomic mass is 16.5. The van der Waals surface area contributed by atoms with E-state index in [0.29, 0.717) is 6.54 Å². The first-order valence-corrected chi connectivity index (χ1v) is 6.82. The number of primary amides is 1. The fraction of sp³-hybridized carbons (Fsp3) is 0.235. The fourth-order valence-corrected chi connectivity index (χ4v) is 2.22. The van der Waals surface area contributed by atoms with E-state index < -0.39 is 0 Å². The smallest absolute Gasteiger partial charge is 0.236 e. The summed E-state index contributed by atoms with van der Waals surface area (Å²) in [6.07, 6.45) is 0. The number of nitrogens with two attached hydrogens (primary N) is 1. The van der Waals surface area contributed by atoms with E-state index in [1.165, 1.54) is 5.56 Å². The Balaban J connectivity index is 2.29. The van der Waals surface area contributed by atoms with E-state index in [-0.39, 0.29) is 12.5 Å². The summed E-state index contributed by atoms with van der Waals surface area (Å²) in [5.74, 6) is 0.360. The predicted octanol–water partition coefficient (Wildman–Crippen LogP) is 2.50. The van der Waals surface area contributed by atoms with Gasteiger partial charge in [0.2, 0.25) is 5.91 Å². The minimum Gasteiger partial charge on any atom is -0.495 e. The first-order valence-electron chi connectivity index (χ1n) is 6.82. The molecule has 0 unspecified atom stereocenters. The van der Waals surface area contributed by atoms with Crippen molar-refractivity contribution in [1.82, 2.24) is 0 Å². The third-order valence-electron chi connectivity index (χ3n) is 3.27. The van der Waals surface area contributed by atoms with E-state index in [9.17, 15) is 4.79 Å². The largest absolute Gasteiger partial charge is 0.495 e. The molecule has 2 N–H and O–H groups in total. The summed E-state index contributed by atoms with van der Waals surface area (Å²) in [6.45, 7) is 2.79. The van der Waals surface area contributed by atoms with E-state index in [0.717, 1.165) is 17.0 Å². The summed E-state index contributed by atoms with van der Waals surface area (Å²) in [5.41, 5.74) is 8.56. The summed E-state index contributed by atoms with van der Waals surface area (Å²) in [5, 5.41) is 0. The number of ether oxygens (including phenoxy) is 1. The van der Waals surface area contributed by atoms with Crippen molar-refractivity contribution in [2.45, 2.75) is 13.5 Å². The number of rotatable bonds is 6. The molecule has 4 nitrogen and oxygen atoms in total. The highest BCUT2D eigenvalue weighted by Gasteiger charge is 2.14. The summed E-state index contributed by atoms with van der Waals surface area (Å²) in [7, 11) is 1.62. The molecule has 2 aromatic rings. The number of carbonyl (C=O) groups excluding carboxylic acids is 1. The number of aryl methyl sites for hydroxylation is 1. The topological polar surface area (TPSA) is 55.6 Å². The van der Waals surface area contributed by atoms with Gasteiger partial charge in [0.1, 0.15) is 5.75 Å². The normalized spacial score (nSPS) is 10.2. The van der Waals surface area contributed by atoms with Crippen LogP contribution in [0.4, 0.5) is 5.69 Å². The van der Waals surface area contributed by atoms with Crippen molar-refractivity contribution < 1.29 is 9.53 Å². The molecule has 0 aromatic heterocycles. The lowest BCUT2D eigenvalue weighted by Gasteiger charge is -2.25. The maximum absolute atomic E-state index is 11.4. The van der Waals surface area contributed by atoms with Gasteiger partial charge in [-0.25, -0.2) is 0 Å². The second kappa shape index (κ2) is 6.79. The SMILES string of the molecule is COc1ccccc1N(CC(N)=O)Cc1ccc(C)cc1. The quantitative estimate of drug-likeness (QED) is 0.886. The molecule has 2 rings (SSSR count). The van der Waals surface area contributed by atoms with Gasteiger partial charge in [-0.15, -0.1) is 0 Å². The highest BCUT2D eigenvalue weighted by molar-refractivity contribution is 5.80. The number of anilines is 1. The van der Waals surface area contributed by atoms with E-state index >= 15 is 0 Å². The zero-order valence-corrected chi connectivity index (χ0v) is 12.4. The summed E-state index contributed by atoms with van der Waals surface area (Å²) >= 11 is 0. The standard InChI is InChI=1S/C17H20N2O2/c1-13-7-9-14(10-8-13)11-19(12-17(18)20)15-5-3-4-6-16(15)21-2/h3-10H,11-12H2,1-2H3,(H2,18,20). The van der Waals surface area contributed by atoms with E-state index in [1.807, 2.05) is 36.1 Å². The monoisotopic (exact) mass is 284 g/mol. The molecule has 0 aliphatic heterocycles. The first kappa shape index (κ1) is 14.9. The average Bonchev–Trinajstić information content (AvgIpc) is 2.48. The Morgan fingerprint density at radius 2 is 1.81 bits per heavy atom. The molecule has 0 saturated carbocycles. The van der Waals surface area contributed by atoms with Crippen molar-refractivity contribution in [3.8, 4) is 5.75 Å². The lowest BCUT2D eigenvalue weighted by atomic mass is 10.1. The van der Waals surface area contributed by atoms with E-state index in [1.54, 1.807) is 7.11 Å². The third kappa shape index (κ3) is 3.99. The minimum atomic E-state index is -0.368. The van der Waals surface area contributed by atoms with Gasteiger partial charge in [0.15, 0.2) is 0 Å². The highest BCUT2D eigenvalue weighted by Crippen LogP contribution is 2.28. The number of nitrogens with zero attached hydrogens (tertiary/aromatic N) is 1. The zero-order valence-electron chi connectivity index (χ0n) is 12.4. The van der Waals surface area contributed by atoms with Crippen LogP contribution in [0, 0.1) is 6.92 Å². The molecule has 0 spiro atoms. The molecule has 0 aliphatic rings. The van der Waals surface area contributed by atoms with Crippen LogP contribution in [0.5, 0.6) is 5.75 Å². The Labute approximate surface area is 125 Å². The molecule has 4 heteroatoms. The zero-order chi connectivity index (χ0) is 15.2. The van der Waals surface area contributed by atoms with Gasteiger partial charge in [-0.3, -0.25) is 4.79 Å². The van der Waals surface area contributed by atoms with Gasteiger partial charge in [-0.1, -0.05) is 42.0 Å². The molecule has 21 heavy (non-hydrogen) atoms. The molecular formula is C17H20N2O2. The van der Waals surface area contributed by atoms with Crippen LogP contribution >= 0.6 is 0 Å². The number of hydrogen-bond donors (Lipinski definition) is 1. The van der Waals surface area contributed by atoms with Crippen molar-refractivity contribution >= 4 is 11.6 Å². The number of benzene rings is 2. The van der Waals surface area contributed by atoms with Crippen LogP contribution < -0.4 is 15.4 Å². The Morgan fingerprint density at radius 3 is 2.43 bits per heavy atom. The molecule has 110 valence electrons. The second-order valence-corrected chi connectivity index (χ2v) is 4.98. The minimum absolute atomic E-state index is 0.147. The van der Waals surface area contributed by atoms with Crippen molar-refractivity contribution in [1.29, 1.82) is 0 Å². The molecule has 1 amide bonds. The van der Waals surface area contributed by atoms with Crippen molar-refractivity contribution in [2.24, 2.45) is 5.73 Å². The molecule has 0 fully saturated rings. The average molecular weight is 284 g/mol. The molecule has 2 aromatic carbocycles. The van der Waals surface area contributed by atoms with Crippen LogP contribution in [0.2, 0.25) is 0 Å². The lowest BCUT2D eigenvalue weighted by molar-refractivity contribution is -0.116. The van der Waals surface area contributed by atoms with Gasteiger partial charge in [0.25, 0.3) is 0 Å². The van der Waals surface area contributed by atoms with Gasteiger partial charge in [0.05, 0.1) is 19.3 Å². The van der Waals surface area contributed by atoms with Crippen molar-refractivity contribution in [3.63, 3.8) is 0 Å². The molecule has 0 heterocycles. The Morgan fingerprint density at radius 1 is 1.14 bits per heavy atom. The molecular weight excluding hydrogens is 264 g/mol. The lowest BCUT2D eigenvalue weighted by Crippen LogP contribution is -2.33. The molecule has 0 saturated heterocycles. The fourth-order valence-electron chi connectivity index (χ4n) is 2.22. The van der Waals surface area contributed by atoms with Gasteiger partial charge in [-0.2, -0.15) is 0 Å². The maximum Gasteiger partial charge on any atom is 0.236 e. The second-order valence-electron chi connectivity index (χ2n) is 4.98. The van der Waals surface area contributed by atoms with Gasteiger partial charge >= 0.3 is 0 Å². The molecule has 0 atom stereocenters.